The van der Waals surface area contributed by atoms with Crippen molar-refractivity contribution in [3.8, 4) is 0 Å². The SMILES string of the molecule is S=C(NCc1ccc(Cl)cc1)c1ccccc1. The number of hydrogen-bond acceptors (Lipinski definition) is 1. The van der Waals surface area contributed by atoms with Gasteiger partial charge in [0.15, 0.2) is 0 Å². The van der Waals surface area contributed by atoms with Crippen LogP contribution in [-0.2, 0) is 6.54 Å². The topological polar surface area (TPSA) is 12.0 Å². The Morgan fingerprint density at radius 3 is 2.29 bits per heavy atom. The summed E-state index contributed by atoms with van der Waals surface area (Å²) in [6.45, 7) is 0.713. The molecule has 0 atom stereocenters. The fourth-order valence-electron chi connectivity index (χ4n) is 1.48. The third-order valence-corrected chi connectivity index (χ3v) is 3.03. The zero-order chi connectivity index (χ0) is 12.1. The largest absolute Gasteiger partial charge is 0.372 e. The normalized spacial score (nSPS) is 9.94. The smallest absolute Gasteiger partial charge is 0.106 e. The molecular formula is C14H12ClNS. The molecule has 86 valence electrons. The maximum atomic E-state index is 5.82. The highest BCUT2D eigenvalue weighted by molar-refractivity contribution is 7.80. The van der Waals surface area contributed by atoms with Crippen LogP contribution in [0.3, 0.4) is 0 Å². The van der Waals surface area contributed by atoms with Crippen molar-refractivity contribution in [2.45, 2.75) is 6.54 Å². The second kappa shape index (κ2) is 5.80. The van der Waals surface area contributed by atoms with E-state index in [2.05, 4.69) is 5.32 Å². The standard InChI is InChI=1S/C14H12ClNS/c15-13-8-6-11(7-9-13)10-16-14(17)12-4-2-1-3-5-12/h1-9H,10H2,(H,16,17). The van der Waals surface area contributed by atoms with Crippen LogP contribution >= 0.6 is 23.8 Å². The summed E-state index contributed by atoms with van der Waals surface area (Å²) in [7, 11) is 0. The van der Waals surface area contributed by atoms with Gasteiger partial charge < -0.3 is 5.32 Å². The minimum atomic E-state index is 0.713. The summed E-state index contributed by atoms with van der Waals surface area (Å²) in [5.41, 5.74) is 2.20. The van der Waals surface area contributed by atoms with Crippen LogP contribution < -0.4 is 5.32 Å². The summed E-state index contributed by atoms with van der Waals surface area (Å²) in [6, 6.07) is 17.7. The molecular weight excluding hydrogens is 250 g/mol. The van der Waals surface area contributed by atoms with Crippen molar-refractivity contribution >= 4 is 28.8 Å². The molecule has 17 heavy (non-hydrogen) atoms. The van der Waals surface area contributed by atoms with Crippen LogP contribution in [0.1, 0.15) is 11.1 Å². The first-order chi connectivity index (χ1) is 8.25. The van der Waals surface area contributed by atoms with E-state index < -0.39 is 0 Å². The fourth-order valence-corrected chi connectivity index (χ4v) is 1.81. The zero-order valence-corrected chi connectivity index (χ0v) is 10.8. The van der Waals surface area contributed by atoms with E-state index in [-0.39, 0.29) is 0 Å². The molecule has 0 unspecified atom stereocenters. The lowest BCUT2D eigenvalue weighted by Crippen LogP contribution is -2.21. The molecule has 0 aliphatic rings. The molecule has 0 bridgehead atoms. The Hall–Kier alpha value is -1.38. The maximum absolute atomic E-state index is 5.82. The number of rotatable bonds is 3. The second-order valence-corrected chi connectivity index (χ2v) is 4.52. The Kier molecular flexibility index (Phi) is 4.13. The Bertz CT molecular complexity index is 493. The summed E-state index contributed by atoms with van der Waals surface area (Å²) < 4.78 is 0. The van der Waals surface area contributed by atoms with Gasteiger partial charge in [-0.05, 0) is 17.7 Å². The zero-order valence-electron chi connectivity index (χ0n) is 9.19. The summed E-state index contributed by atoms with van der Waals surface area (Å²) in [5.74, 6) is 0. The molecule has 2 aromatic rings. The number of benzene rings is 2. The van der Waals surface area contributed by atoms with Crippen LogP contribution in [-0.4, -0.2) is 4.99 Å². The summed E-state index contributed by atoms with van der Waals surface area (Å²) in [5, 5.41) is 3.97. The summed E-state index contributed by atoms with van der Waals surface area (Å²) >= 11 is 11.1. The molecule has 0 saturated carbocycles. The predicted octanol–water partition coefficient (Wildman–Crippen LogP) is 3.81. The second-order valence-electron chi connectivity index (χ2n) is 3.68. The molecule has 1 nitrogen and oxygen atoms in total. The van der Waals surface area contributed by atoms with Gasteiger partial charge in [-0.25, -0.2) is 0 Å². The Balaban J connectivity index is 1.95. The number of hydrogen-bond donors (Lipinski definition) is 1. The number of thiocarbonyl (C=S) groups is 1. The highest BCUT2D eigenvalue weighted by atomic mass is 35.5. The highest BCUT2D eigenvalue weighted by Gasteiger charge is 1.99. The van der Waals surface area contributed by atoms with E-state index in [1.807, 2.05) is 54.6 Å². The van der Waals surface area contributed by atoms with Gasteiger partial charge in [-0.3, -0.25) is 0 Å². The van der Waals surface area contributed by atoms with E-state index in [9.17, 15) is 0 Å². The fraction of sp³-hybridized carbons (Fsp3) is 0.0714. The molecule has 0 aliphatic carbocycles. The van der Waals surface area contributed by atoms with Gasteiger partial charge in [0.1, 0.15) is 4.99 Å². The van der Waals surface area contributed by atoms with E-state index in [1.165, 1.54) is 0 Å². The molecule has 0 aliphatic heterocycles. The quantitative estimate of drug-likeness (QED) is 0.844. The molecule has 0 fully saturated rings. The predicted molar refractivity (Wildman–Crippen MR) is 76.4 cm³/mol. The van der Waals surface area contributed by atoms with Crippen LogP contribution in [0, 0.1) is 0 Å². The van der Waals surface area contributed by atoms with Crippen molar-refractivity contribution in [1.82, 2.24) is 5.32 Å². The number of nitrogens with one attached hydrogen (secondary N) is 1. The average molecular weight is 262 g/mol. The third kappa shape index (κ3) is 3.55. The first kappa shape index (κ1) is 12.1. The highest BCUT2D eigenvalue weighted by Crippen LogP contribution is 2.09. The van der Waals surface area contributed by atoms with Crippen LogP contribution in [0.2, 0.25) is 5.02 Å². The van der Waals surface area contributed by atoms with Gasteiger partial charge in [0.2, 0.25) is 0 Å². The first-order valence-electron chi connectivity index (χ1n) is 5.33. The molecule has 0 radical (unpaired) electrons. The molecule has 0 heterocycles. The van der Waals surface area contributed by atoms with Crippen LogP contribution in [0.4, 0.5) is 0 Å². The molecule has 0 aromatic heterocycles. The molecule has 2 aromatic carbocycles. The van der Waals surface area contributed by atoms with Crippen LogP contribution in [0.5, 0.6) is 0 Å². The van der Waals surface area contributed by atoms with Gasteiger partial charge >= 0.3 is 0 Å². The molecule has 3 heteroatoms. The first-order valence-corrected chi connectivity index (χ1v) is 6.12. The van der Waals surface area contributed by atoms with E-state index in [1.54, 1.807) is 0 Å². The maximum Gasteiger partial charge on any atom is 0.106 e. The lowest BCUT2D eigenvalue weighted by molar-refractivity contribution is 0.929. The van der Waals surface area contributed by atoms with Gasteiger partial charge in [0.05, 0.1) is 0 Å². The van der Waals surface area contributed by atoms with Gasteiger partial charge in [0, 0.05) is 17.1 Å². The lowest BCUT2D eigenvalue weighted by atomic mass is 10.2. The van der Waals surface area contributed by atoms with E-state index in [0.717, 1.165) is 21.1 Å². The van der Waals surface area contributed by atoms with E-state index in [4.69, 9.17) is 23.8 Å². The molecule has 1 N–H and O–H groups in total. The molecule has 2 rings (SSSR count). The van der Waals surface area contributed by atoms with Crippen molar-refractivity contribution in [2.24, 2.45) is 0 Å². The number of halogens is 1. The molecule has 0 spiro atoms. The third-order valence-electron chi connectivity index (χ3n) is 2.40. The van der Waals surface area contributed by atoms with E-state index in [0.29, 0.717) is 6.54 Å². The minimum Gasteiger partial charge on any atom is -0.372 e. The van der Waals surface area contributed by atoms with Crippen molar-refractivity contribution in [1.29, 1.82) is 0 Å². The van der Waals surface area contributed by atoms with Crippen molar-refractivity contribution in [2.75, 3.05) is 0 Å². The van der Waals surface area contributed by atoms with Crippen LogP contribution in [0.15, 0.2) is 54.6 Å². The van der Waals surface area contributed by atoms with E-state index >= 15 is 0 Å². The lowest BCUT2D eigenvalue weighted by Gasteiger charge is -2.08. The van der Waals surface area contributed by atoms with Crippen molar-refractivity contribution in [3.63, 3.8) is 0 Å². The minimum absolute atomic E-state index is 0.713. The van der Waals surface area contributed by atoms with Crippen molar-refractivity contribution in [3.05, 3.63) is 70.7 Å². The monoisotopic (exact) mass is 261 g/mol. The summed E-state index contributed by atoms with van der Waals surface area (Å²) in [4.78, 5) is 0.764. The van der Waals surface area contributed by atoms with Crippen LogP contribution in [0.25, 0.3) is 0 Å². The Morgan fingerprint density at radius 1 is 1.00 bits per heavy atom. The Labute approximate surface area is 111 Å². The molecule has 0 saturated heterocycles. The molecule has 0 amide bonds. The van der Waals surface area contributed by atoms with Gasteiger partial charge in [0.25, 0.3) is 0 Å². The van der Waals surface area contributed by atoms with Gasteiger partial charge in [-0.2, -0.15) is 0 Å². The Morgan fingerprint density at radius 2 is 1.65 bits per heavy atom. The van der Waals surface area contributed by atoms with Gasteiger partial charge in [-0.15, -0.1) is 0 Å². The van der Waals surface area contributed by atoms with Gasteiger partial charge in [-0.1, -0.05) is 66.3 Å². The summed E-state index contributed by atoms with van der Waals surface area (Å²) in [6.07, 6.45) is 0. The average Bonchev–Trinajstić information content (AvgIpc) is 2.39. The van der Waals surface area contributed by atoms with Crippen molar-refractivity contribution < 1.29 is 0 Å².